The molecule has 1 aliphatic rings. The Hall–Kier alpha value is -1.85. The van der Waals surface area contributed by atoms with Gasteiger partial charge < -0.3 is 4.74 Å². The van der Waals surface area contributed by atoms with Crippen LogP contribution in [-0.4, -0.2) is 49.2 Å². The maximum atomic E-state index is 12.6. The maximum absolute atomic E-state index is 12.6. The van der Waals surface area contributed by atoms with E-state index in [1.54, 1.807) is 36.0 Å². The molecule has 1 aromatic carbocycles. The van der Waals surface area contributed by atoms with Crippen LogP contribution in [0, 0.1) is 0 Å². The lowest BCUT2D eigenvalue weighted by atomic mass is 10.2. The third kappa shape index (κ3) is 4.90. The number of nitrogens with zero attached hydrogens (tertiary/aromatic N) is 3. The summed E-state index contributed by atoms with van der Waals surface area (Å²) in [5, 5.41) is 11.1. The number of carbonyl (C=O) groups is 1. The second-order valence-corrected chi connectivity index (χ2v) is 10.1. The van der Waals surface area contributed by atoms with E-state index in [1.807, 2.05) is 0 Å². The molecule has 146 valence electrons. The first-order valence-corrected chi connectivity index (χ1v) is 12.0. The van der Waals surface area contributed by atoms with E-state index in [-0.39, 0.29) is 18.9 Å². The zero-order valence-corrected chi connectivity index (χ0v) is 17.4. The molecule has 0 fully saturated rings. The van der Waals surface area contributed by atoms with Crippen molar-refractivity contribution in [2.24, 2.45) is 0 Å². The topological polar surface area (TPSA) is 101 Å². The fraction of sp³-hybridized carbons (Fsp3) is 0.438. The van der Waals surface area contributed by atoms with Crippen molar-refractivity contribution in [2.75, 3.05) is 28.2 Å². The number of rotatable bonds is 6. The molecule has 0 saturated carbocycles. The minimum Gasteiger partial charge on any atom is -0.478 e. The van der Waals surface area contributed by atoms with E-state index in [1.165, 1.54) is 15.6 Å². The highest BCUT2D eigenvalue weighted by atomic mass is 32.2. The summed E-state index contributed by atoms with van der Waals surface area (Å²) < 4.78 is 32.1. The highest BCUT2D eigenvalue weighted by Gasteiger charge is 2.31. The van der Waals surface area contributed by atoms with Gasteiger partial charge in [-0.1, -0.05) is 42.2 Å². The Labute approximate surface area is 166 Å². The summed E-state index contributed by atoms with van der Waals surface area (Å²) in [5.41, 5.74) is 0.435. The Morgan fingerprint density at radius 3 is 2.93 bits per heavy atom. The number of thioether (sulfide) groups is 1. The second kappa shape index (κ2) is 8.44. The number of benzene rings is 1. The third-order valence-corrected chi connectivity index (χ3v) is 7.11. The van der Waals surface area contributed by atoms with Crippen LogP contribution in [0.25, 0.3) is 0 Å². The number of para-hydroxylation sites is 2. The van der Waals surface area contributed by atoms with Crippen LogP contribution in [0.4, 0.5) is 10.8 Å². The molecule has 2 aromatic rings. The number of nitrogens with one attached hydrogen (secondary N) is 1. The average molecular weight is 429 g/mol. The minimum absolute atomic E-state index is 0.154. The van der Waals surface area contributed by atoms with Crippen LogP contribution < -0.4 is 14.4 Å². The molecule has 11 heteroatoms. The van der Waals surface area contributed by atoms with Gasteiger partial charge in [0.15, 0.2) is 10.4 Å². The SMILES string of the molecule is CCCSc1nnc(NC(=O)[C@H]2CCN(S(C)(=O)=O)c3ccccc3O2)s1. The van der Waals surface area contributed by atoms with E-state index in [4.69, 9.17) is 4.74 Å². The van der Waals surface area contributed by atoms with Gasteiger partial charge >= 0.3 is 0 Å². The zero-order valence-electron chi connectivity index (χ0n) is 14.9. The number of hydrogen-bond acceptors (Lipinski definition) is 8. The van der Waals surface area contributed by atoms with Crippen LogP contribution in [0.2, 0.25) is 0 Å². The van der Waals surface area contributed by atoms with Gasteiger partial charge in [0.1, 0.15) is 5.75 Å². The van der Waals surface area contributed by atoms with E-state index in [2.05, 4.69) is 22.4 Å². The van der Waals surface area contributed by atoms with Gasteiger partial charge in [0, 0.05) is 18.7 Å². The van der Waals surface area contributed by atoms with E-state index in [0.29, 0.717) is 16.6 Å². The van der Waals surface area contributed by atoms with Gasteiger partial charge in [0.05, 0.1) is 11.9 Å². The summed E-state index contributed by atoms with van der Waals surface area (Å²) in [4.78, 5) is 12.6. The molecule has 1 aromatic heterocycles. The van der Waals surface area contributed by atoms with E-state index < -0.39 is 16.1 Å². The highest BCUT2D eigenvalue weighted by Crippen LogP contribution is 2.34. The van der Waals surface area contributed by atoms with Crippen molar-refractivity contribution in [3.63, 3.8) is 0 Å². The van der Waals surface area contributed by atoms with Crippen LogP contribution in [0.3, 0.4) is 0 Å². The molecule has 2 heterocycles. The fourth-order valence-electron chi connectivity index (χ4n) is 2.55. The van der Waals surface area contributed by atoms with Gasteiger partial charge in [-0.15, -0.1) is 10.2 Å². The minimum atomic E-state index is -3.48. The molecule has 1 N–H and O–H groups in total. The van der Waals surface area contributed by atoms with Crippen molar-refractivity contribution in [3.05, 3.63) is 24.3 Å². The Kier molecular flexibility index (Phi) is 6.22. The van der Waals surface area contributed by atoms with Crippen molar-refractivity contribution < 1.29 is 17.9 Å². The molecule has 1 aliphatic heterocycles. The molecule has 8 nitrogen and oxygen atoms in total. The van der Waals surface area contributed by atoms with E-state index in [0.717, 1.165) is 22.8 Å². The molecule has 0 spiro atoms. The van der Waals surface area contributed by atoms with Gasteiger partial charge in [-0.2, -0.15) is 0 Å². The first-order valence-electron chi connectivity index (χ1n) is 8.39. The van der Waals surface area contributed by atoms with Crippen molar-refractivity contribution in [3.8, 4) is 5.75 Å². The molecular formula is C16H20N4O4S3. The van der Waals surface area contributed by atoms with Gasteiger partial charge in [-0.25, -0.2) is 8.42 Å². The number of fused-ring (bicyclic) bond motifs is 1. The normalized spacial score (nSPS) is 17.0. The monoisotopic (exact) mass is 428 g/mol. The lowest BCUT2D eigenvalue weighted by Gasteiger charge is -2.20. The van der Waals surface area contributed by atoms with Crippen molar-refractivity contribution in [1.82, 2.24) is 10.2 Å². The molecule has 0 unspecified atom stereocenters. The summed E-state index contributed by atoms with van der Waals surface area (Å²) in [6.07, 6.45) is 1.57. The van der Waals surface area contributed by atoms with E-state index >= 15 is 0 Å². The molecule has 3 rings (SSSR count). The predicted octanol–water partition coefficient (Wildman–Crippen LogP) is 2.60. The number of ether oxygens (including phenoxy) is 1. The Morgan fingerprint density at radius 1 is 1.41 bits per heavy atom. The average Bonchev–Trinajstić information content (AvgIpc) is 2.95. The number of carbonyl (C=O) groups excluding carboxylic acids is 1. The molecule has 1 atom stereocenters. The number of amides is 1. The molecule has 1 amide bonds. The lowest BCUT2D eigenvalue weighted by molar-refractivity contribution is -0.122. The van der Waals surface area contributed by atoms with Gasteiger partial charge in [-0.05, 0) is 18.6 Å². The quantitative estimate of drug-likeness (QED) is 0.557. The van der Waals surface area contributed by atoms with Crippen LogP contribution in [0.15, 0.2) is 28.6 Å². The van der Waals surface area contributed by atoms with Crippen molar-refractivity contribution in [2.45, 2.75) is 30.2 Å². The molecular weight excluding hydrogens is 408 g/mol. The molecule has 0 bridgehead atoms. The predicted molar refractivity (Wildman–Crippen MR) is 107 cm³/mol. The number of sulfonamides is 1. The molecule has 0 saturated heterocycles. The molecule has 0 radical (unpaired) electrons. The van der Waals surface area contributed by atoms with Gasteiger partial charge in [0.25, 0.3) is 5.91 Å². The Balaban J connectivity index is 1.74. The molecule has 0 aliphatic carbocycles. The Morgan fingerprint density at radius 2 is 2.19 bits per heavy atom. The standard InChI is InChI=1S/C16H20N4O4S3/c1-3-10-25-16-19-18-15(26-16)17-14(21)13-8-9-20(27(2,22)23)11-6-4-5-7-12(11)24-13/h4-7,13H,3,8-10H2,1-2H3,(H,17,18,21)/t13-/m1/s1. The van der Waals surface area contributed by atoms with Crippen LogP contribution in [-0.2, 0) is 14.8 Å². The smallest absolute Gasteiger partial charge is 0.267 e. The van der Waals surface area contributed by atoms with Gasteiger partial charge in [-0.3, -0.25) is 14.4 Å². The van der Waals surface area contributed by atoms with Crippen LogP contribution >= 0.6 is 23.1 Å². The number of aromatic nitrogens is 2. The highest BCUT2D eigenvalue weighted by molar-refractivity contribution is 8.01. The summed E-state index contributed by atoms with van der Waals surface area (Å²) in [6, 6.07) is 6.79. The lowest BCUT2D eigenvalue weighted by Crippen LogP contribution is -2.35. The first kappa shape index (κ1) is 19.9. The van der Waals surface area contributed by atoms with Crippen molar-refractivity contribution in [1.29, 1.82) is 0 Å². The third-order valence-electron chi connectivity index (χ3n) is 3.76. The second-order valence-electron chi connectivity index (χ2n) is 5.91. The number of anilines is 2. The largest absolute Gasteiger partial charge is 0.478 e. The Bertz CT molecular complexity index is 916. The maximum Gasteiger partial charge on any atom is 0.267 e. The van der Waals surface area contributed by atoms with E-state index in [9.17, 15) is 13.2 Å². The van der Waals surface area contributed by atoms with Gasteiger partial charge in [0.2, 0.25) is 15.2 Å². The zero-order chi connectivity index (χ0) is 19.4. The summed E-state index contributed by atoms with van der Waals surface area (Å²) in [7, 11) is -3.48. The van der Waals surface area contributed by atoms with Crippen molar-refractivity contribution >= 4 is 49.8 Å². The first-order chi connectivity index (χ1) is 12.9. The van der Waals surface area contributed by atoms with Crippen LogP contribution in [0.1, 0.15) is 19.8 Å². The number of hydrogen-bond donors (Lipinski definition) is 1. The summed E-state index contributed by atoms with van der Waals surface area (Å²) in [6.45, 7) is 2.24. The molecule has 27 heavy (non-hydrogen) atoms. The van der Waals surface area contributed by atoms with Crippen LogP contribution in [0.5, 0.6) is 5.75 Å². The fourth-order valence-corrected chi connectivity index (χ4v) is 5.18. The summed E-state index contributed by atoms with van der Waals surface area (Å²) >= 11 is 2.90. The summed E-state index contributed by atoms with van der Waals surface area (Å²) in [5.74, 6) is 0.923.